The van der Waals surface area contributed by atoms with E-state index in [1.807, 2.05) is 18.4 Å². The third-order valence-corrected chi connectivity index (χ3v) is 4.47. The third-order valence-electron chi connectivity index (χ3n) is 3.65. The average Bonchev–Trinajstić information content (AvgIpc) is 2.48. The van der Waals surface area contributed by atoms with Crippen LogP contribution in [0.1, 0.15) is 35.1 Å². The van der Waals surface area contributed by atoms with Gasteiger partial charge in [0.1, 0.15) is 5.56 Å². The van der Waals surface area contributed by atoms with Crippen LogP contribution in [0, 0.1) is 13.8 Å². The fourth-order valence-corrected chi connectivity index (χ4v) is 2.89. The molecule has 0 unspecified atom stereocenters. The lowest BCUT2D eigenvalue weighted by atomic mass is 10.1. The van der Waals surface area contributed by atoms with Gasteiger partial charge in [-0.2, -0.15) is 0 Å². The summed E-state index contributed by atoms with van der Waals surface area (Å²) in [7, 11) is 0. The Kier molecular flexibility index (Phi) is 5.50. The summed E-state index contributed by atoms with van der Waals surface area (Å²) in [6.45, 7) is 6.43. The Morgan fingerprint density at radius 3 is 2.61 bits per heavy atom. The van der Waals surface area contributed by atoms with E-state index >= 15 is 0 Å². The molecule has 0 aliphatic carbocycles. The molecule has 122 valence electrons. The van der Waals surface area contributed by atoms with Gasteiger partial charge >= 0.3 is 0 Å². The van der Waals surface area contributed by atoms with E-state index in [0.29, 0.717) is 16.4 Å². The molecule has 0 saturated heterocycles. The van der Waals surface area contributed by atoms with Crippen molar-refractivity contribution < 1.29 is 4.79 Å². The first-order valence-electron chi connectivity index (χ1n) is 7.33. The summed E-state index contributed by atoms with van der Waals surface area (Å²) < 4.78 is 1.97. The normalized spacial score (nSPS) is 10.7. The van der Waals surface area contributed by atoms with Gasteiger partial charge in [0.15, 0.2) is 5.43 Å². The SMILES string of the molecule is CCCn1c(C)cc(=O)c(C(=O)Nc2cccc(Cl)c2Cl)c1C. The molecule has 0 spiro atoms. The summed E-state index contributed by atoms with van der Waals surface area (Å²) in [5.41, 5.74) is 1.69. The van der Waals surface area contributed by atoms with Crippen molar-refractivity contribution in [2.75, 3.05) is 5.32 Å². The maximum Gasteiger partial charge on any atom is 0.261 e. The van der Waals surface area contributed by atoms with Crippen molar-refractivity contribution in [1.29, 1.82) is 0 Å². The fraction of sp³-hybridized carbons (Fsp3) is 0.294. The van der Waals surface area contributed by atoms with Crippen LogP contribution in [-0.2, 0) is 6.54 Å². The first-order chi connectivity index (χ1) is 10.9. The maximum absolute atomic E-state index is 12.6. The Labute approximate surface area is 145 Å². The minimum Gasteiger partial charge on any atom is -0.348 e. The van der Waals surface area contributed by atoms with E-state index in [1.165, 1.54) is 6.07 Å². The number of anilines is 1. The Bertz CT molecular complexity index is 813. The molecular formula is C17H18Cl2N2O2. The number of aromatic nitrogens is 1. The standard InChI is InChI=1S/C17H18Cl2N2O2/c1-4-8-21-10(2)9-14(22)15(11(21)3)17(23)20-13-7-5-6-12(18)16(13)19/h5-7,9H,4,8H2,1-3H3,(H,20,23). The zero-order chi connectivity index (χ0) is 17.1. The molecule has 0 radical (unpaired) electrons. The summed E-state index contributed by atoms with van der Waals surface area (Å²) >= 11 is 12.0. The van der Waals surface area contributed by atoms with Crippen LogP contribution < -0.4 is 10.7 Å². The topological polar surface area (TPSA) is 51.1 Å². The van der Waals surface area contributed by atoms with Crippen LogP contribution in [0.3, 0.4) is 0 Å². The Morgan fingerprint density at radius 2 is 1.96 bits per heavy atom. The first kappa shape index (κ1) is 17.6. The summed E-state index contributed by atoms with van der Waals surface area (Å²) in [6.07, 6.45) is 0.908. The molecule has 23 heavy (non-hydrogen) atoms. The van der Waals surface area contributed by atoms with E-state index in [9.17, 15) is 9.59 Å². The van der Waals surface area contributed by atoms with Gasteiger partial charge in [0.2, 0.25) is 0 Å². The Balaban J connectivity index is 2.45. The van der Waals surface area contributed by atoms with E-state index in [2.05, 4.69) is 5.32 Å². The molecule has 1 amide bonds. The minimum absolute atomic E-state index is 0.125. The van der Waals surface area contributed by atoms with Crippen LogP contribution in [0.25, 0.3) is 0 Å². The highest BCUT2D eigenvalue weighted by atomic mass is 35.5. The second-order valence-corrected chi connectivity index (χ2v) is 6.10. The second kappa shape index (κ2) is 7.20. The number of amides is 1. The largest absolute Gasteiger partial charge is 0.348 e. The average molecular weight is 353 g/mol. The summed E-state index contributed by atoms with van der Waals surface area (Å²) in [4.78, 5) is 24.8. The van der Waals surface area contributed by atoms with E-state index in [-0.39, 0.29) is 16.0 Å². The zero-order valence-corrected chi connectivity index (χ0v) is 14.8. The number of aryl methyl sites for hydroxylation is 1. The van der Waals surface area contributed by atoms with E-state index in [1.54, 1.807) is 25.1 Å². The quantitative estimate of drug-likeness (QED) is 0.884. The molecule has 0 aliphatic heterocycles. The number of rotatable bonds is 4. The van der Waals surface area contributed by atoms with Crippen LogP contribution >= 0.6 is 23.2 Å². The monoisotopic (exact) mass is 352 g/mol. The van der Waals surface area contributed by atoms with Crippen molar-refractivity contribution in [2.45, 2.75) is 33.7 Å². The van der Waals surface area contributed by atoms with Crippen molar-refractivity contribution in [1.82, 2.24) is 4.57 Å². The summed E-state index contributed by atoms with van der Waals surface area (Å²) in [5, 5.41) is 3.26. The number of nitrogens with one attached hydrogen (secondary N) is 1. The predicted molar refractivity (Wildman–Crippen MR) is 94.9 cm³/mol. The molecule has 1 aromatic heterocycles. The van der Waals surface area contributed by atoms with Crippen LogP contribution in [0.4, 0.5) is 5.69 Å². The first-order valence-corrected chi connectivity index (χ1v) is 8.08. The molecule has 4 nitrogen and oxygen atoms in total. The van der Waals surface area contributed by atoms with Gasteiger partial charge in [-0.3, -0.25) is 9.59 Å². The molecule has 1 aromatic carbocycles. The number of pyridine rings is 1. The molecule has 0 atom stereocenters. The minimum atomic E-state index is -0.485. The van der Waals surface area contributed by atoms with Crippen molar-refractivity contribution in [3.05, 3.63) is 61.5 Å². The van der Waals surface area contributed by atoms with Crippen LogP contribution in [-0.4, -0.2) is 10.5 Å². The fourth-order valence-electron chi connectivity index (χ4n) is 2.55. The van der Waals surface area contributed by atoms with E-state index in [0.717, 1.165) is 18.7 Å². The zero-order valence-electron chi connectivity index (χ0n) is 13.2. The number of halogens is 2. The lowest BCUT2D eigenvalue weighted by Crippen LogP contribution is -2.27. The van der Waals surface area contributed by atoms with Crippen LogP contribution in [0.2, 0.25) is 10.0 Å². The van der Waals surface area contributed by atoms with Crippen molar-refractivity contribution in [3.63, 3.8) is 0 Å². The molecular weight excluding hydrogens is 335 g/mol. The molecule has 0 saturated carbocycles. The van der Waals surface area contributed by atoms with Crippen LogP contribution in [0.15, 0.2) is 29.1 Å². The van der Waals surface area contributed by atoms with Gasteiger partial charge in [-0.25, -0.2) is 0 Å². The van der Waals surface area contributed by atoms with E-state index < -0.39 is 5.91 Å². The Hall–Kier alpha value is -1.78. The number of hydrogen-bond donors (Lipinski definition) is 1. The number of hydrogen-bond acceptors (Lipinski definition) is 2. The summed E-state index contributed by atoms with van der Waals surface area (Å²) in [6, 6.07) is 6.43. The highest BCUT2D eigenvalue weighted by molar-refractivity contribution is 6.44. The molecule has 0 aliphatic rings. The second-order valence-electron chi connectivity index (χ2n) is 5.32. The van der Waals surface area contributed by atoms with Gasteiger partial charge in [-0.1, -0.05) is 36.2 Å². The van der Waals surface area contributed by atoms with Gasteiger partial charge in [0, 0.05) is 24.0 Å². The number of carbonyl (C=O) groups excluding carboxylic acids is 1. The molecule has 2 aromatic rings. The van der Waals surface area contributed by atoms with Crippen molar-refractivity contribution in [3.8, 4) is 0 Å². The van der Waals surface area contributed by atoms with Crippen molar-refractivity contribution >= 4 is 34.8 Å². The van der Waals surface area contributed by atoms with Gasteiger partial charge in [-0.05, 0) is 32.4 Å². The number of carbonyl (C=O) groups is 1. The van der Waals surface area contributed by atoms with E-state index in [4.69, 9.17) is 23.2 Å². The molecule has 0 fully saturated rings. The lowest BCUT2D eigenvalue weighted by molar-refractivity contribution is 0.102. The van der Waals surface area contributed by atoms with Gasteiger partial charge in [-0.15, -0.1) is 0 Å². The Morgan fingerprint density at radius 1 is 1.26 bits per heavy atom. The number of nitrogens with zero attached hydrogens (tertiary/aromatic N) is 1. The van der Waals surface area contributed by atoms with Gasteiger partial charge < -0.3 is 9.88 Å². The van der Waals surface area contributed by atoms with Gasteiger partial charge in [0.05, 0.1) is 15.7 Å². The lowest BCUT2D eigenvalue weighted by Gasteiger charge is -2.17. The number of benzene rings is 1. The summed E-state index contributed by atoms with van der Waals surface area (Å²) in [5.74, 6) is -0.485. The predicted octanol–water partition coefficient (Wildman–Crippen LogP) is 4.43. The van der Waals surface area contributed by atoms with Gasteiger partial charge in [0.25, 0.3) is 5.91 Å². The smallest absolute Gasteiger partial charge is 0.261 e. The highest BCUT2D eigenvalue weighted by Crippen LogP contribution is 2.29. The third kappa shape index (κ3) is 3.59. The highest BCUT2D eigenvalue weighted by Gasteiger charge is 2.18. The molecule has 2 rings (SSSR count). The van der Waals surface area contributed by atoms with Crippen LogP contribution in [0.5, 0.6) is 0 Å². The molecule has 1 N–H and O–H groups in total. The molecule has 1 heterocycles. The molecule has 0 bridgehead atoms. The van der Waals surface area contributed by atoms with Crippen molar-refractivity contribution in [2.24, 2.45) is 0 Å². The maximum atomic E-state index is 12.6. The molecule has 6 heteroatoms.